The molecule has 0 aromatic rings. The van der Waals surface area contributed by atoms with Gasteiger partial charge in [-0.05, 0) is 12.1 Å². The van der Waals surface area contributed by atoms with Crippen LogP contribution in [0.25, 0.3) is 0 Å². The number of rotatable bonds is 3. The highest BCUT2D eigenvalue weighted by molar-refractivity contribution is 9.23. The smallest absolute Gasteiger partial charge is 0.302 e. The van der Waals surface area contributed by atoms with Crippen LogP contribution in [-0.2, 0) is 0 Å². The van der Waals surface area contributed by atoms with Gasteiger partial charge in [0.1, 0.15) is 0 Å². The monoisotopic (exact) mass is 190 g/mol. The second-order valence-corrected chi connectivity index (χ2v) is 3.14. The first-order valence-corrected chi connectivity index (χ1v) is 4.22. The molecule has 0 saturated heterocycles. The fourth-order valence-corrected chi connectivity index (χ4v) is 1.77. The standard InChI is InChI=1S/C6H14BBrN/c1-5(2)9(7-8)6(3)4/h5-6H,1-4H3. The van der Waals surface area contributed by atoms with E-state index in [1.54, 1.807) is 0 Å². The quantitative estimate of drug-likeness (QED) is 0.616. The summed E-state index contributed by atoms with van der Waals surface area (Å²) in [5, 5.41) is 0. The van der Waals surface area contributed by atoms with E-state index in [1.165, 1.54) is 0 Å². The molecule has 1 nitrogen and oxygen atoms in total. The normalized spacial score (nSPS) is 11.6. The van der Waals surface area contributed by atoms with Crippen molar-refractivity contribution >= 4 is 22.0 Å². The van der Waals surface area contributed by atoms with E-state index in [9.17, 15) is 0 Å². The number of hydrogen-bond donors (Lipinski definition) is 0. The maximum Gasteiger partial charge on any atom is 0.302 e. The van der Waals surface area contributed by atoms with Gasteiger partial charge in [-0.1, -0.05) is 27.7 Å². The summed E-state index contributed by atoms with van der Waals surface area (Å²) in [6, 6.07) is 1.17. The zero-order valence-corrected chi connectivity index (χ0v) is 8.14. The number of halogens is 1. The van der Waals surface area contributed by atoms with Crippen LogP contribution in [0.2, 0.25) is 0 Å². The molecule has 9 heavy (non-hydrogen) atoms. The lowest BCUT2D eigenvalue weighted by molar-refractivity contribution is 0.318. The summed E-state index contributed by atoms with van der Waals surface area (Å²) in [5.41, 5.74) is 0. The van der Waals surface area contributed by atoms with Crippen LogP contribution >= 0.6 is 15.8 Å². The molecule has 0 spiro atoms. The van der Waals surface area contributed by atoms with Gasteiger partial charge in [0.2, 0.25) is 0 Å². The molecule has 0 aromatic heterocycles. The lowest BCUT2D eigenvalue weighted by atomic mass is 10.1. The highest BCUT2D eigenvalue weighted by Gasteiger charge is 2.11. The van der Waals surface area contributed by atoms with Crippen LogP contribution < -0.4 is 0 Å². The van der Waals surface area contributed by atoms with Gasteiger partial charge in [-0.25, -0.2) is 0 Å². The summed E-state index contributed by atoms with van der Waals surface area (Å²) in [4.78, 5) is 2.25. The number of nitrogens with zero attached hydrogens (tertiary/aromatic N) is 1. The van der Waals surface area contributed by atoms with E-state index in [1.807, 2.05) is 6.24 Å². The zero-order chi connectivity index (χ0) is 7.44. The third-order valence-corrected chi connectivity index (χ3v) is 1.78. The third kappa shape index (κ3) is 3.26. The van der Waals surface area contributed by atoms with Gasteiger partial charge in [-0.2, -0.15) is 0 Å². The fourth-order valence-electron chi connectivity index (χ4n) is 0.822. The minimum atomic E-state index is 0.587. The molecular weight excluding hydrogens is 177 g/mol. The van der Waals surface area contributed by atoms with Crippen molar-refractivity contribution in [3.8, 4) is 0 Å². The van der Waals surface area contributed by atoms with Crippen LogP contribution in [0.15, 0.2) is 0 Å². The molecule has 0 N–H and O–H groups in total. The second kappa shape index (κ2) is 4.34. The average Bonchev–Trinajstić information content (AvgIpc) is 1.64. The Hall–Kier alpha value is 0.505. The van der Waals surface area contributed by atoms with Crippen LogP contribution in [0.1, 0.15) is 27.7 Å². The molecule has 53 valence electrons. The molecule has 0 aliphatic rings. The Morgan fingerprint density at radius 2 is 1.44 bits per heavy atom. The lowest BCUT2D eigenvalue weighted by Gasteiger charge is -2.27. The molecule has 0 saturated carbocycles. The van der Waals surface area contributed by atoms with Crippen molar-refractivity contribution in [2.75, 3.05) is 0 Å². The SMILES string of the molecule is CC(C)N([B]Br)C(C)C. The highest BCUT2D eigenvalue weighted by atomic mass is 79.9. The van der Waals surface area contributed by atoms with Gasteiger partial charge in [-0.3, -0.25) is 0 Å². The molecular formula is C6H14BBrN. The second-order valence-electron chi connectivity index (χ2n) is 2.73. The van der Waals surface area contributed by atoms with Crippen molar-refractivity contribution in [1.82, 2.24) is 4.81 Å². The van der Waals surface area contributed by atoms with Crippen molar-refractivity contribution in [2.45, 2.75) is 39.8 Å². The van der Waals surface area contributed by atoms with E-state index in [0.717, 1.165) is 0 Å². The van der Waals surface area contributed by atoms with Crippen molar-refractivity contribution in [2.24, 2.45) is 0 Å². The molecule has 0 heterocycles. The van der Waals surface area contributed by atoms with Gasteiger partial charge < -0.3 is 4.81 Å². The highest BCUT2D eigenvalue weighted by Crippen LogP contribution is 2.03. The Morgan fingerprint density at radius 1 is 1.11 bits per heavy atom. The first-order valence-electron chi connectivity index (χ1n) is 3.30. The van der Waals surface area contributed by atoms with Crippen LogP contribution in [0.5, 0.6) is 0 Å². The van der Waals surface area contributed by atoms with Gasteiger partial charge >= 0.3 is 6.24 Å². The molecule has 0 rings (SSSR count). The molecule has 1 radical (unpaired) electrons. The molecule has 0 amide bonds. The molecule has 0 fully saturated rings. The van der Waals surface area contributed by atoms with E-state index in [-0.39, 0.29) is 0 Å². The molecule has 3 heteroatoms. The van der Waals surface area contributed by atoms with Crippen molar-refractivity contribution in [3.63, 3.8) is 0 Å². The Balaban J connectivity index is 3.68. The Bertz CT molecular complexity index is 67.5. The van der Waals surface area contributed by atoms with Crippen LogP contribution in [0.4, 0.5) is 0 Å². The molecule has 0 aliphatic carbocycles. The van der Waals surface area contributed by atoms with Crippen molar-refractivity contribution in [1.29, 1.82) is 0 Å². The first kappa shape index (κ1) is 9.50. The van der Waals surface area contributed by atoms with Gasteiger partial charge in [0.15, 0.2) is 0 Å². The van der Waals surface area contributed by atoms with Gasteiger partial charge in [0.25, 0.3) is 0 Å². The Labute approximate surface area is 67.0 Å². The van der Waals surface area contributed by atoms with Gasteiger partial charge in [0, 0.05) is 0 Å². The molecule has 0 aliphatic heterocycles. The van der Waals surface area contributed by atoms with E-state index in [4.69, 9.17) is 0 Å². The average molecular weight is 191 g/mol. The number of hydrogen-bond acceptors (Lipinski definition) is 1. The summed E-state index contributed by atoms with van der Waals surface area (Å²) in [5.74, 6) is 0. The van der Waals surface area contributed by atoms with Crippen LogP contribution in [0.3, 0.4) is 0 Å². The third-order valence-electron chi connectivity index (χ3n) is 1.31. The molecule has 0 unspecified atom stereocenters. The Kier molecular flexibility index (Phi) is 4.58. The van der Waals surface area contributed by atoms with Gasteiger partial charge in [0.05, 0.1) is 0 Å². The van der Waals surface area contributed by atoms with Crippen LogP contribution in [0, 0.1) is 0 Å². The van der Waals surface area contributed by atoms with Gasteiger partial charge in [-0.15, -0.1) is 15.8 Å². The van der Waals surface area contributed by atoms with E-state index >= 15 is 0 Å². The predicted molar refractivity (Wildman–Crippen MR) is 46.8 cm³/mol. The minimum Gasteiger partial charge on any atom is -0.332 e. The maximum atomic E-state index is 3.32. The maximum absolute atomic E-state index is 3.32. The van der Waals surface area contributed by atoms with Crippen molar-refractivity contribution in [3.05, 3.63) is 0 Å². The Morgan fingerprint density at radius 3 is 1.44 bits per heavy atom. The summed E-state index contributed by atoms with van der Waals surface area (Å²) in [6.07, 6.45) is 1.96. The zero-order valence-electron chi connectivity index (χ0n) is 6.56. The molecule has 0 bridgehead atoms. The van der Waals surface area contributed by atoms with E-state index in [2.05, 4.69) is 48.3 Å². The fraction of sp³-hybridized carbons (Fsp3) is 1.00. The van der Waals surface area contributed by atoms with E-state index in [0.29, 0.717) is 12.1 Å². The topological polar surface area (TPSA) is 3.24 Å². The van der Waals surface area contributed by atoms with Crippen molar-refractivity contribution < 1.29 is 0 Å². The summed E-state index contributed by atoms with van der Waals surface area (Å²) < 4.78 is 0. The van der Waals surface area contributed by atoms with E-state index < -0.39 is 0 Å². The molecule has 0 aromatic carbocycles. The molecule has 0 atom stereocenters. The lowest BCUT2D eigenvalue weighted by Crippen LogP contribution is -2.37. The predicted octanol–water partition coefficient (Wildman–Crippen LogP) is 2.03. The van der Waals surface area contributed by atoms with Crippen LogP contribution in [-0.4, -0.2) is 23.1 Å². The largest absolute Gasteiger partial charge is 0.332 e. The minimum absolute atomic E-state index is 0.587. The summed E-state index contributed by atoms with van der Waals surface area (Å²) >= 11 is 3.32. The summed E-state index contributed by atoms with van der Waals surface area (Å²) in [7, 11) is 0. The summed E-state index contributed by atoms with van der Waals surface area (Å²) in [6.45, 7) is 8.71. The first-order chi connectivity index (χ1) is 4.09.